The molecule has 1 aliphatic heterocycles. The van der Waals surface area contributed by atoms with Gasteiger partial charge in [0.05, 0.1) is 6.33 Å². The highest BCUT2D eigenvalue weighted by atomic mass is 16.2. The summed E-state index contributed by atoms with van der Waals surface area (Å²) in [5, 5.41) is 3.29. The van der Waals surface area contributed by atoms with E-state index in [-0.39, 0.29) is 11.9 Å². The molecule has 18 heavy (non-hydrogen) atoms. The Kier molecular flexibility index (Phi) is 4.33. The molecule has 6 nitrogen and oxygen atoms in total. The molecule has 1 atom stereocenters. The monoisotopic (exact) mass is 251 g/mol. The summed E-state index contributed by atoms with van der Waals surface area (Å²) in [6.07, 6.45) is 5.54. The molecule has 0 saturated carbocycles. The number of hydrogen-bond acceptors (Lipinski definition) is 4. The van der Waals surface area contributed by atoms with Gasteiger partial charge in [0, 0.05) is 59.2 Å². The zero-order chi connectivity index (χ0) is 13.0. The highest BCUT2D eigenvalue weighted by molar-refractivity contribution is 5.81. The van der Waals surface area contributed by atoms with Crippen molar-refractivity contribution in [1.29, 1.82) is 0 Å². The fraction of sp³-hybridized carbons (Fsp3) is 0.667. The summed E-state index contributed by atoms with van der Waals surface area (Å²) in [6.45, 7) is 4.35. The number of piperazine rings is 1. The van der Waals surface area contributed by atoms with Crippen LogP contribution in [0.3, 0.4) is 0 Å². The maximum atomic E-state index is 12.1. The second kappa shape index (κ2) is 5.97. The molecule has 0 bridgehead atoms. The second-order valence-corrected chi connectivity index (χ2v) is 4.79. The van der Waals surface area contributed by atoms with E-state index in [2.05, 4.69) is 15.2 Å². The summed E-state index contributed by atoms with van der Waals surface area (Å²) in [5.41, 5.74) is 0. The highest BCUT2D eigenvalue weighted by Crippen LogP contribution is 2.06. The Morgan fingerprint density at radius 2 is 2.33 bits per heavy atom. The van der Waals surface area contributed by atoms with Crippen molar-refractivity contribution in [1.82, 2.24) is 24.7 Å². The number of hydrogen-bond donors (Lipinski definition) is 1. The number of nitrogens with one attached hydrogen (secondary N) is 1. The zero-order valence-corrected chi connectivity index (χ0v) is 11.0. The lowest BCUT2D eigenvalue weighted by Crippen LogP contribution is -2.58. The van der Waals surface area contributed by atoms with E-state index in [1.165, 1.54) is 0 Å². The van der Waals surface area contributed by atoms with Gasteiger partial charge in [-0.15, -0.1) is 0 Å². The number of carbonyl (C=O) groups is 1. The van der Waals surface area contributed by atoms with E-state index in [9.17, 15) is 4.79 Å². The van der Waals surface area contributed by atoms with E-state index in [1.54, 1.807) is 11.1 Å². The maximum absolute atomic E-state index is 12.1. The third kappa shape index (κ3) is 3.08. The lowest BCUT2D eigenvalue weighted by molar-refractivity contribution is -0.135. The number of amides is 1. The first-order valence-corrected chi connectivity index (χ1v) is 6.30. The van der Waals surface area contributed by atoms with Crippen LogP contribution < -0.4 is 5.32 Å². The Labute approximate surface area is 108 Å². The van der Waals surface area contributed by atoms with Crippen LogP contribution in [0.25, 0.3) is 0 Å². The van der Waals surface area contributed by atoms with Crippen molar-refractivity contribution < 1.29 is 4.79 Å². The van der Waals surface area contributed by atoms with Gasteiger partial charge in [0.15, 0.2) is 0 Å². The molecule has 1 fully saturated rings. The fourth-order valence-electron chi connectivity index (χ4n) is 2.22. The summed E-state index contributed by atoms with van der Waals surface area (Å²) in [5.74, 6) is 0.174. The molecule has 100 valence electrons. The van der Waals surface area contributed by atoms with E-state index in [4.69, 9.17) is 0 Å². The Balaban J connectivity index is 1.93. The number of carbonyl (C=O) groups excluding carboxylic acids is 1. The third-order valence-corrected chi connectivity index (χ3v) is 3.28. The van der Waals surface area contributed by atoms with E-state index < -0.39 is 0 Å². The fourth-order valence-corrected chi connectivity index (χ4v) is 2.22. The minimum Gasteiger partial charge on any atom is -0.347 e. The molecular weight excluding hydrogens is 230 g/mol. The van der Waals surface area contributed by atoms with Crippen LogP contribution in [-0.4, -0.2) is 71.6 Å². The van der Waals surface area contributed by atoms with Gasteiger partial charge in [-0.3, -0.25) is 9.69 Å². The standard InChI is InChI=1S/C12H21N5O/c1-15(2)12(18)11-9-13-4-6-17(11)8-7-16-5-3-14-10-16/h3,5,10-11,13H,4,6-9H2,1-2H3. The van der Waals surface area contributed by atoms with E-state index in [0.717, 1.165) is 32.7 Å². The predicted octanol–water partition coefficient (Wildman–Crippen LogP) is -0.755. The molecule has 0 aromatic carbocycles. The van der Waals surface area contributed by atoms with Crippen LogP contribution in [0.4, 0.5) is 0 Å². The summed E-state index contributed by atoms with van der Waals surface area (Å²) in [4.78, 5) is 20.0. The molecule has 0 radical (unpaired) electrons. The zero-order valence-electron chi connectivity index (χ0n) is 11.0. The van der Waals surface area contributed by atoms with Crippen molar-refractivity contribution >= 4 is 5.91 Å². The number of likely N-dealkylation sites (N-methyl/N-ethyl adjacent to an activating group) is 1. The Hall–Kier alpha value is -1.40. The third-order valence-electron chi connectivity index (χ3n) is 3.28. The second-order valence-electron chi connectivity index (χ2n) is 4.79. The molecule has 6 heteroatoms. The molecular formula is C12H21N5O. The summed E-state index contributed by atoms with van der Waals surface area (Å²) < 4.78 is 2.04. The molecule has 2 rings (SSSR count). The van der Waals surface area contributed by atoms with Gasteiger partial charge in [0.25, 0.3) is 0 Å². The van der Waals surface area contributed by atoms with Crippen LogP contribution in [0.15, 0.2) is 18.7 Å². The van der Waals surface area contributed by atoms with Gasteiger partial charge in [0.1, 0.15) is 6.04 Å². The van der Waals surface area contributed by atoms with Crippen LogP contribution in [0.5, 0.6) is 0 Å². The number of aromatic nitrogens is 2. The van der Waals surface area contributed by atoms with E-state index in [1.807, 2.05) is 31.2 Å². The number of nitrogens with zero attached hydrogens (tertiary/aromatic N) is 4. The van der Waals surface area contributed by atoms with Crippen LogP contribution in [0.1, 0.15) is 0 Å². The maximum Gasteiger partial charge on any atom is 0.240 e. The minimum absolute atomic E-state index is 0.0442. The van der Waals surface area contributed by atoms with Gasteiger partial charge < -0.3 is 14.8 Å². The molecule has 0 aliphatic carbocycles. The van der Waals surface area contributed by atoms with Gasteiger partial charge in [-0.05, 0) is 0 Å². The van der Waals surface area contributed by atoms with Crippen molar-refractivity contribution in [2.45, 2.75) is 12.6 Å². The highest BCUT2D eigenvalue weighted by Gasteiger charge is 2.29. The summed E-state index contributed by atoms with van der Waals surface area (Å²) in [7, 11) is 3.62. The lowest BCUT2D eigenvalue weighted by Gasteiger charge is -2.36. The quantitative estimate of drug-likeness (QED) is 0.765. The van der Waals surface area contributed by atoms with Crippen molar-refractivity contribution in [2.24, 2.45) is 0 Å². The average molecular weight is 251 g/mol. The first-order valence-electron chi connectivity index (χ1n) is 6.30. The van der Waals surface area contributed by atoms with Crippen molar-refractivity contribution in [3.8, 4) is 0 Å². The van der Waals surface area contributed by atoms with Gasteiger partial charge in [-0.2, -0.15) is 0 Å². The number of rotatable bonds is 4. The van der Waals surface area contributed by atoms with Crippen molar-refractivity contribution in [3.05, 3.63) is 18.7 Å². The van der Waals surface area contributed by atoms with E-state index >= 15 is 0 Å². The number of imidazole rings is 1. The van der Waals surface area contributed by atoms with Gasteiger partial charge in [0.2, 0.25) is 5.91 Å². The Bertz CT molecular complexity index is 376. The average Bonchev–Trinajstić information content (AvgIpc) is 2.89. The van der Waals surface area contributed by atoms with E-state index in [0.29, 0.717) is 0 Å². The normalized spacial score (nSPS) is 20.9. The molecule has 1 N–H and O–H groups in total. The van der Waals surface area contributed by atoms with Gasteiger partial charge in [-0.1, -0.05) is 0 Å². The molecule has 1 saturated heterocycles. The molecule has 1 aliphatic rings. The molecule has 0 spiro atoms. The van der Waals surface area contributed by atoms with Crippen LogP contribution in [0, 0.1) is 0 Å². The predicted molar refractivity (Wildman–Crippen MR) is 69.2 cm³/mol. The van der Waals surface area contributed by atoms with Crippen LogP contribution in [0.2, 0.25) is 0 Å². The first kappa shape index (κ1) is 13.0. The summed E-state index contributed by atoms with van der Waals surface area (Å²) in [6, 6.07) is -0.0442. The molecule has 1 unspecified atom stereocenters. The lowest BCUT2D eigenvalue weighted by atomic mass is 10.1. The SMILES string of the molecule is CN(C)C(=O)C1CNCCN1CCn1ccnc1. The summed E-state index contributed by atoms with van der Waals surface area (Å²) >= 11 is 0. The molecule has 2 heterocycles. The minimum atomic E-state index is -0.0442. The first-order chi connectivity index (χ1) is 8.68. The van der Waals surface area contributed by atoms with Gasteiger partial charge in [-0.25, -0.2) is 4.98 Å². The molecule has 1 aromatic heterocycles. The largest absolute Gasteiger partial charge is 0.347 e. The van der Waals surface area contributed by atoms with Gasteiger partial charge >= 0.3 is 0 Å². The van der Waals surface area contributed by atoms with Crippen LogP contribution in [-0.2, 0) is 11.3 Å². The van der Waals surface area contributed by atoms with Crippen molar-refractivity contribution in [3.63, 3.8) is 0 Å². The van der Waals surface area contributed by atoms with Crippen molar-refractivity contribution in [2.75, 3.05) is 40.3 Å². The Morgan fingerprint density at radius 3 is 3.00 bits per heavy atom. The molecule has 1 aromatic rings. The molecule has 1 amide bonds. The topological polar surface area (TPSA) is 53.4 Å². The smallest absolute Gasteiger partial charge is 0.240 e. The Morgan fingerprint density at radius 1 is 1.50 bits per heavy atom. The van der Waals surface area contributed by atoms with Crippen LogP contribution >= 0.6 is 0 Å².